The maximum Gasteiger partial charge on any atom is 0.338 e. The van der Waals surface area contributed by atoms with Crippen molar-refractivity contribution in [2.24, 2.45) is 5.92 Å². The highest BCUT2D eigenvalue weighted by molar-refractivity contribution is 7.86. The minimum absolute atomic E-state index is 0.175. The molecule has 2 rings (SSSR count). The summed E-state index contributed by atoms with van der Waals surface area (Å²) < 4.78 is 29.4. The van der Waals surface area contributed by atoms with E-state index in [1.165, 1.54) is 6.42 Å². The monoisotopic (exact) mass is 280 g/mol. The predicted molar refractivity (Wildman–Crippen MR) is 75.2 cm³/mol. The van der Waals surface area contributed by atoms with Crippen LogP contribution in [0.15, 0.2) is 41.5 Å². The van der Waals surface area contributed by atoms with Gasteiger partial charge in [0.1, 0.15) is 10.7 Å². The van der Waals surface area contributed by atoms with Crippen molar-refractivity contribution < 1.29 is 12.6 Å². The first kappa shape index (κ1) is 14.1. The Morgan fingerprint density at radius 1 is 1.16 bits per heavy atom. The normalized spacial score (nSPS) is 17.1. The molecule has 0 aliphatic heterocycles. The van der Waals surface area contributed by atoms with Crippen molar-refractivity contribution in [3.8, 4) is 0 Å². The molecule has 19 heavy (non-hydrogen) atoms. The molecule has 0 aromatic heterocycles. The summed E-state index contributed by atoms with van der Waals surface area (Å²) in [5.41, 5.74) is 1.02. The molecule has 1 aromatic carbocycles. The first-order valence-corrected chi connectivity index (χ1v) is 8.10. The Hall–Kier alpha value is -1.29. The Balaban J connectivity index is 2.08. The fourth-order valence-corrected chi connectivity index (χ4v) is 3.37. The van der Waals surface area contributed by atoms with E-state index < -0.39 is 10.1 Å². The lowest BCUT2D eigenvalue weighted by Gasteiger charge is -2.23. The van der Waals surface area contributed by atoms with Crippen molar-refractivity contribution in [3.05, 3.63) is 42.2 Å². The largest absolute Gasteiger partial charge is 0.384 e. The molecule has 0 unspecified atom stereocenters. The van der Waals surface area contributed by atoms with E-state index in [9.17, 15) is 8.42 Å². The molecule has 0 spiro atoms. The van der Waals surface area contributed by atoms with E-state index in [-0.39, 0.29) is 10.8 Å². The number of aryl methyl sites for hydroxylation is 1. The highest BCUT2D eigenvalue weighted by atomic mass is 32.2. The van der Waals surface area contributed by atoms with Crippen LogP contribution in [0.3, 0.4) is 0 Å². The molecule has 1 saturated carbocycles. The van der Waals surface area contributed by atoms with Crippen molar-refractivity contribution in [1.82, 2.24) is 0 Å². The average Bonchev–Trinajstić information content (AvgIpc) is 2.40. The van der Waals surface area contributed by atoms with Crippen LogP contribution in [-0.4, -0.2) is 8.42 Å². The Morgan fingerprint density at radius 2 is 1.74 bits per heavy atom. The smallest absolute Gasteiger partial charge is 0.338 e. The third-order valence-electron chi connectivity index (χ3n) is 3.59. The van der Waals surface area contributed by atoms with Gasteiger partial charge in [-0.15, -0.1) is 0 Å². The molecule has 0 atom stereocenters. The lowest BCUT2D eigenvalue weighted by Crippen LogP contribution is -2.14. The summed E-state index contributed by atoms with van der Waals surface area (Å²) in [6.07, 6.45) is 5.41. The molecule has 0 heterocycles. The minimum Gasteiger partial charge on any atom is -0.384 e. The molecular weight excluding hydrogens is 260 g/mol. The molecule has 3 nitrogen and oxygen atoms in total. The zero-order valence-corrected chi connectivity index (χ0v) is 12.1. The van der Waals surface area contributed by atoms with Crippen molar-refractivity contribution in [1.29, 1.82) is 0 Å². The molecule has 0 amide bonds. The molecule has 0 radical (unpaired) electrons. The van der Waals surface area contributed by atoms with Crippen LogP contribution in [0.5, 0.6) is 0 Å². The second-order valence-corrected chi connectivity index (χ2v) is 6.70. The fourth-order valence-electron chi connectivity index (χ4n) is 2.39. The number of allylic oxidation sites excluding steroid dienone is 1. The van der Waals surface area contributed by atoms with Crippen LogP contribution in [0, 0.1) is 12.8 Å². The molecule has 1 aliphatic rings. The van der Waals surface area contributed by atoms with Crippen molar-refractivity contribution in [2.75, 3.05) is 0 Å². The van der Waals surface area contributed by atoms with E-state index in [4.69, 9.17) is 4.18 Å². The summed E-state index contributed by atoms with van der Waals surface area (Å²) in [6.45, 7) is 5.72. The second kappa shape index (κ2) is 5.78. The van der Waals surface area contributed by atoms with Gasteiger partial charge >= 0.3 is 10.1 Å². The summed E-state index contributed by atoms with van der Waals surface area (Å²) in [5, 5.41) is 0. The standard InChI is InChI=1S/C15H20O3S/c1-12-8-10-15(11-9-12)19(16,17)18-13(2)14-6-4-3-5-7-14/h8-11,14H,2-7H2,1H3. The zero-order valence-electron chi connectivity index (χ0n) is 11.3. The maximum atomic E-state index is 12.1. The fraction of sp³-hybridized carbons (Fsp3) is 0.467. The third kappa shape index (κ3) is 3.60. The second-order valence-electron chi connectivity index (χ2n) is 5.15. The summed E-state index contributed by atoms with van der Waals surface area (Å²) in [7, 11) is -3.73. The van der Waals surface area contributed by atoms with Gasteiger partial charge in [0.25, 0.3) is 0 Å². The molecule has 4 heteroatoms. The van der Waals surface area contributed by atoms with E-state index in [0.29, 0.717) is 5.76 Å². The first-order chi connectivity index (χ1) is 8.99. The SMILES string of the molecule is C=C(OS(=O)(=O)c1ccc(C)cc1)C1CCCCC1. The highest BCUT2D eigenvalue weighted by Crippen LogP contribution is 2.31. The van der Waals surface area contributed by atoms with Crippen molar-refractivity contribution >= 4 is 10.1 Å². The van der Waals surface area contributed by atoms with Gasteiger partial charge in [-0.2, -0.15) is 8.42 Å². The van der Waals surface area contributed by atoms with Gasteiger partial charge in [-0.05, 0) is 31.9 Å². The van der Waals surface area contributed by atoms with Gasteiger partial charge in [-0.1, -0.05) is 43.5 Å². The van der Waals surface area contributed by atoms with Gasteiger partial charge in [0.15, 0.2) is 0 Å². The number of hydrogen-bond acceptors (Lipinski definition) is 3. The van der Waals surface area contributed by atoms with Gasteiger partial charge in [0, 0.05) is 5.92 Å². The average molecular weight is 280 g/mol. The lowest BCUT2D eigenvalue weighted by molar-refractivity contribution is 0.292. The molecule has 0 bridgehead atoms. The van der Waals surface area contributed by atoms with Crippen molar-refractivity contribution in [3.63, 3.8) is 0 Å². The van der Waals surface area contributed by atoms with E-state index in [0.717, 1.165) is 31.2 Å². The molecule has 1 aliphatic carbocycles. The minimum atomic E-state index is -3.73. The number of benzene rings is 1. The first-order valence-electron chi connectivity index (χ1n) is 6.69. The molecule has 0 saturated heterocycles. The quantitative estimate of drug-likeness (QED) is 0.622. The lowest BCUT2D eigenvalue weighted by atomic mass is 9.88. The van der Waals surface area contributed by atoms with Crippen LogP contribution in [0.25, 0.3) is 0 Å². The summed E-state index contributed by atoms with van der Waals surface area (Å²) >= 11 is 0. The molecule has 0 N–H and O–H groups in total. The van der Waals surface area contributed by atoms with Crippen LogP contribution in [0.4, 0.5) is 0 Å². The van der Waals surface area contributed by atoms with E-state index in [1.807, 2.05) is 6.92 Å². The number of rotatable bonds is 4. The Kier molecular flexibility index (Phi) is 4.30. The summed E-state index contributed by atoms with van der Waals surface area (Å²) in [6, 6.07) is 6.66. The van der Waals surface area contributed by atoms with Gasteiger partial charge in [0.2, 0.25) is 0 Å². The predicted octanol–water partition coefficient (Wildman–Crippen LogP) is 3.79. The van der Waals surface area contributed by atoms with Crippen LogP contribution in [-0.2, 0) is 14.3 Å². The molecular formula is C15H20O3S. The molecule has 104 valence electrons. The number of hydrogen-bond donors (Lipinski definition) is 0. The van der Waals surface area contributed by atoms with Gasteiger partial charge in [-0.3, -0.25) is 0 Å². The summed E-state index contributed by atoms with van der Waals surface area (Å²) in [4.78, 5) is 0.190. The Labute approximate surface area is 115 Å². The van der Waals surface area contributed by atoms with Crippen LogP contribution < -0.4 is 0 Å². The van der Waals surface area contributed by atoms with Crippen LogP contribution in [0.1, 0.15) is 37.7 Å². The van der Waals surface area contributed by atoms with Gasteiger partial charge in [-0.25, -0.2) is 0 Å². The van der Waals surface area contributed by atoms with E-state index >= 15 is 0 Å². The highest BCUT2D eigenvalue weighted by Gasteiger charge is 2.23. The van der Waals surface area contributed by atoms with Gasteiger partial charge in [0.05, 0.1) is 0 Å². The summed E-state index contributed by atoms with van der Waals surface area (Å²) in [5.74, 6) is 0.564. The molecule has 1 fully saturated rings. The van der Waals surface area contributed by atoms with Crippen molar-refractivity contribution in [2.45, 2.75) is 43.9 Å². The van der Waals surface area contributed by atoms with Crippen LogP contribution >= 0.6 is 0 Å². The van der Waals surface area contributed by atoms with Gasteiger partial charge < -0.3 is 4.18 Å². The topological polar surface area (TPSA) is 43.4 Å². The van der Waals surface area contributed by atoms with Crippen LogP contribution in [0.2, 0.25) is 0 Å². The third-order valence-corrected chi connectivity index (χ3v) is 4.87. The Morgan fingerprint density at radius 3 is 2.32 bits per heavy atom. The van der Waals surface area contributed by atoms with E-state index in [1.54, 1.807) is 24.3 Å². The Bertz CT molecular complexity index is 537. The zero-order chi connectivity index (χ0) is 13.9. The maximum absolute atomic E-state index is 12.1. The molecule has 1 aromatic rings. The van der Waals surface area contributed by atoms with E-state index in [2.05, 4.69) is 6.58 Å².